The van der Waals surface area contributed by atoms with Crippen molar-refractivity contribution in [2.75, 3.05) is 6.54 Å². The number of para-hydroxylation sites is 2. The summed E-state index contributed by atoms with van der Waals surface area (Å²) in [5, 5.41) is 2.94. The molecule has 0 aliphatic heterocycles. The van der Waals surface area contributed by atoms with Crippen LogP contribution in [0.25, 0.3) is 11.0 Å². The Morgan fingerprint density at radius 1 is 1.41 bits per heavy atom. The van der Waals surface area contributed by atoms with Crippen LogP contribution in [0.2, 0.25) is 0 Å². The number of nitrogens with zero attached hydrogens (tertiary/aromatic N) is 2. The fourth-order valence-corrected chi connectivity index (χ4v) is 2.58. The number of allylic oxidation sites excluding steroid dienone is 1. The van der Waals surface area contributed by atoms with Crippen molar-refractivity contribution in [2.24, 2.45) is 5.92 Å². The van der Waals surface area contributed by atoms with E-state index in [9.17, 15) is 4.79 Å². The summed E-state index contributed by atoms with van der Waals surface area (Å²) in [6.07, 6.45) is 1.70. The van der Waals surface area contributed by atoms with Crippen LogP contribution < -0.4 is 5.32 Å². The molecule has 1 heterocycles. The summed E-state index contributed by atoms with van der Waals surface area (Å²) in [5.41, 5.74) is 2.11. The molecule has 0 radical (unpaired) electrons. The standard InChI is InChI=1S/C17H22BrN3O/c1-12(2)17(22)19-10-6-9-16-20-14-7-4-5-8-15(14)21(16)11-13(3)18/h4-5,7-8,12H,3,6,9-11H2,1-2H3,(H,19,22). The van der Waals surface area contributed by atoms with Gasteiger partial charge in [-0.05, 0) is 18.6 Å². The minimum Gasteiger partial charge on any atom is -0.356 e. The van der Waals surface area contributed by atoms with E-state index in [2.05, 4.69) is 38.5 Å². The third-order valence-electron chi connectivity index (χ3n) is 3.46. The molecule has 1 aromatic heterocycles. The van der Waals surface area contributed by atoms with Crippen LogP contribution in [0.15, 0.2) is 35.3 Å². The Kier molecular flexibility index (Phi) is 5.77. The predicted octanol–water partition coefficient (Wildman–Crippen LogP) is 3.65. The third-order valence-corrected chi connectivity index (χ3v) is 3.71. The van der Waals surface area contributed by atoms with Crippen molar-refractivity contribution < 1.29 is 4.79 Å². The Morgan fingerprint density at radius 3 is 2.82 bits per heavy atom. The van der Waals surface area contributed by atoms with Crippen LogP contribution in [-0.4, -0.2) is 22.0 Å². The fraction of sp³-hybridized carbons (Fsp3) is 0.412. The summed E-state index contributed by atoms with van der Waals surface area (Å²) in [6, 6.07) is 8.11. The quantitative estimate of drug-likeness (QED) is 0.763. The van der Waals surface area contributed by atoms with Crippen LogP contribution in [0.3, 0.4) is 0 Å². The summed E-state index contributed by atoms with van der Waals surface area (Å²) in [5.74, 6) is 1.16. The first kappa shape index (κ1) is 16.7. The van der Waals surface area contributed by atoms with E-state index >= 15 is 0 Å². The van der Waals surface area contributed by atoms with E-state index in [1.165, 1.54) is 0 Å². The van der Waals surface area contributed by atoms with Gasteiger partial charge in [-0.15, -0.1) is 0 Å². The molecule has 0 aliphatic rings. The number of hydrogen-bond acceptors (Lipinski definition) is 2. The van der Waals surface area contributed by atoms with Crippen LogP contribution >= 0.6 is 15.9 Å². The van der Waals surface area contributed by atoms with Gasteiger partial charge in [0.05, 0.1) is 17.6 Å². The van der Waals surface area contributed by atoms with Gasteiger partial charge in [0.15, 0.2) is 0 Å². The number of benzene rings is 1. The van der Waals surface area contributed by atoms with Crippen molar-refractivity contribution in [3.8, 4) is 0 Å². The van der Waals surface area contributed by atoms with E-state index in [1.54, 1.807) is 0 Å². The number of imidazole rings is 1. The van der Waals surface area contributed by atoms with E-state index in [0.29, 0.717) is 13.1 Å². The van der Waals surface area contributed by atoms with Crippen molar-refractivity contribution in [3.63, 3.8) is 0 Å². The molecule has 2 aromatic rings. The van der Waals surface area contributed by atoms with Crippen molar-refractivity contribution in [2.45, 2.75) is 33.2 Å². The molecule has 0 saturated carbocycles. The van der Waals surface area contributed by atoms with E-state index in [0.717, 1.165) is 34.2 Å². The summed E-state index contributed by atoms with van der Waals surface area (Å²) < 4.78 is 3.10. The second-order valence-electron chi connectivity index (χ2n) is 5.67. The first-order valence-corrected chi connectivity index (χ1v) is 8.33. The lowest BCUT2D eigenvalue weighted by Gasteiger charge is -2.09. The molecule has 0 unspecified atom stereocenters. The third kappa shape index (κ3) is 4.19. The van der Waals surface area contributed by atoms with Crippen LogP contribution in [0.1, 0.15) is 26.1 Å². The number of carbonyl (C=O) groups is 1. The Morgan fingerprint density at radius 2 is 2.14 bits per heavy atom. The summed E-state index contributed by atoms with van der Waals surface area (Å²) in [4.78, 5) is 16.3. The smallest absolute Gasteiger partial charge is 0.222 e. The Labute approximate surface area is 139 Å². The lowest BCUT2D eigenvalue weighted by atomic mass is 10.2. The summed E-state index contributed by atoms with van der Waals surface area (Å²) in [6.45, 7) is 9.11. The highest BCUT2D eigenvalue weighted by molar-refractivity contribution is 9.11. The Bertz CT molecular complexity index is 676. The van der Waals surface area contributed by atoms with Crippen molar-refractivity contribution in [1.82, 2.24) is 14.9 Å². The average Bonchev–Trinajstić information content (AvgIpc) is 2.81. The summed E-state index contributed by atoms with van der Waals surface area (Å²) in [7, 11) is 0. The van der Waals surface area contributed by atoms with Crippen molar-refractivity contribution >= 4 is 32.9 Å². The van der Waals surface area contributed by atoms with Gasteiger partial charge in [0.2, 0.25) is 5.91 Å². The van der Waals surface area contributed by atoms with Crippen molar-refractivity contribution in [1.29, 1.82) is 0 Å². The molecule has 22 heavy (non-hydrogen) atoms. The molecule has 1 aromatic carbocycles. The van der Waals surface area contributed by atoms with Gasteiger partial charge in [0.25, 0.3) is 0 Å². The highest BCUT2D eigenvalue weighted by atomic mass is 79.9. The molecular formula is C17H22BrN3O. The molecule has 0 bridgehead atoms. The highest BCUT2D eigenvalue weighted by Crippen LogP contribution is 2.19. The number of amides is 1. The van der Waals surface area contributed by atoms with E-state index < -0.39 is 0 Å². The van der Waals surface area contributed by atoms with Crippen molar-refractivity contribution in [3.05, 3.63) is 41.2 Å². The maximum atomic E-state index is 11.6. The van der Waals surface area contributed by atoms with Gasteiger partial charge >= 0.3 is 0 Å². The predicted molar refractivity (Wildman–Crippen MR) is 94.0 cm³/mol. The van der Waals surface area contributed by atoms with Crippen LogP contribution in [-0.2, 0) is 17.8 Å². The zero-order valence-electron chi connectivity index (χ0n) is 13.1. The van der Waals surface area contributed by atoms with Crippen LogP contribution in [0.5, 0.6) is 0 Å². The second kappa shape index (κ2) is 7.58. The number of nitrogens with one attached hydrogen (secondary N) is 1. The van der Waals surface area contributed by atoms with Gasteiger partial charge in [0.1, 0.15) is 5.82 Å². The van der Waals surface area contributed by atoms with E-state index in [1.807, 2.05) is 32.0 Å². The zero-order valence-corrected chi connectivity index (χ0v) is 14.7. The van der Waals surface area contributed by atoms with E-state index in [4.69, 9.17) is 4.98 Å². The molecule has 0 atom stereocenters. The first-order valence-electron chi connectivity index (χ1n) is 7.54. The van der Waals surface area contributed by atoms with Crippen LogP contribution in [0.4, 0.5) is 0 Å². The van der Waals surface area contributed by atoms with Gasteiger partial charge in [-0.3, -0.25) is 4.79 Å². The molecule has 0 fully saturated rings. The van der Waals surface area contributed by atoms with Gasteiger partial charge < -0.3 is 9.88 Å². The molecule has 0 aliphatic carbocycles. The molecule has 0 saturated heterocycles. The van der Waals surface area contributed by atoms with Gasteiger partial charge in [-0.25, -0.2) is 4.98 Å². The summed E-state index contributed by atoms with van der Waals surface area (Å²) >= 11 is 3.43. The fourth-order valence-electron chi connectivity index (χ4n) is 2.33. The molecule has 1 amide bonds. The minimum absolute atomic E-state index is 0.0290. The van der Waals surface area contributed by atoms with E-state index in [-0.39, 0.29) is 11.8 Å². The zero-order chi connectivity index (χ0) is 16.1. The lowest BCUT2D eigenvalue weighted by molar-refractivity contribution is -0.123. The first-order chi connectivity index (χ1) is 10.5. The maximum absolute atomic E-state index is 11.6. The largest absolute Gasteiger partial charge is 0.356 e. The number of halogens is 1. The number of aryl methyl sites for hydroxylation is 1. The van der Waals surface area contributed by atoms with Gasteiger partial charge in [-0.1, -0.05) is 48.5 Å². The molecule has 4 nitrogen and oxygen atoms in total. The topological polar surface area (TPSA) is 46.9 Å². The van der Waals surface area contributed by atoms with Gasteiger partial charge in [-0.2, -0.15) is 0 Å². The average molecular weight is 364 g/mol. The monoisotopic (exact) mass is 363 g/mol. The number of rotatable bonds is 7. The molecular weight excluding hydrogens is 342 g/mol. The molecule has 0 spiro atoms. The minimum atomic E-state index is 0.0290. The molecule has 2 rings (SSSR count). The Hall–Kier alpha value is -1.62. The Balaban J connectivity index is 2.06. The lowest BCUT2D eigenvalue weighted by Crippen LogP contribution is -2.28. The SMILES string of the molecule is C=C(Br)Cn1c(CCCNC(=O)C(C)C)nc2ccccc21. The maximum Gasteiger partial charge on any atom is 0.222 e. The van der Waals surface area contributed by atoms with Gasteiger partial charge in [0, 0.05) is 23.4 Å². The molecule has 5 heteroatoms. The number of carbonyl (C=O) groups excluding carboxylic acids is 1. The molecule has 1 N–H and O–H groups in total. The second-order valence-corrected chi connectivity index (χ2v) is 6.79. The van der Waals surface area contributed by atoms with Crippen LogP contribution in [0, 0.1) is 5.92 Å². The number of aromatic nitrogens is 2. The molecule has 118 valence electrons. The normalized spacial score (nSPS) is 11.1. The number of hydrogen-bond donors (Lipinski definition) is 1. The number of fused-ring (bicyclic) bond motifs is 1. The highest BCUT2D eigenvalue weighted by Gasteiger charge is 2.11.